The molecule has 2 aliphatic rings. The number of aromatic nitrogens is 1. The summed E-state index contributed by atoms with van der Waals surface area (Å²) in [5.41, 5.74) is 3.03. The summed E-state index contributed by atoms with van der Waals surface area (Å²) >= 11 is 6.16. The Hall–Kier alpha value is -2.37. The predicted molar refractivity (Wildman–Crippen MR) is 111 cm³/mol. The van der Waals surface area contributed by atoms with E-state index in [9.17, 15) is 0 Å². The topological polar surface area (TPSA) is 52.5 Å². The second kappa shape index (κ2) is 8.11. The third-order valence-corrected chi connectivity index (χ3v) is 5.39. The molecule has 2 aromatic rings. The quantitative estimate of drug-likeness (QED) is 0.846. The first-order valence-electron chi connectivity index (χ1n) is 9.37. The van der Waals surface area contributed by atoms with Crippen molar-refractivity contribution in [2.75, 3.05) is 25.5 Å². The maximum Gasteiger partial charge on any atom is 0.126 e. The molecule has 1 saturated heterocycles. The maximum atomic E-state index is 6.16. The van der Waals surface area contributed by atoms with Crippen LogP contribution in [0, 0.1) is 5.92 Å². The van der Waals surface area contributed by atoms with Crippen LogP contribution in [0.3, 0.4) is 0 Å². The fourth-order valence-electron chi connectivity index (χ4n) is 3.71. The molecule has 2 N–H and O–H groups in total. The van der Waals surface area contributed by atoms with Crippen molar-refractivity contribution in [3.63, 3.8) is 0 Å². The maximum absolute atomic E-state index is 6.16. The van der Waals surface area contributed by atoms with Crippen molar-refractivity contribution in [2.45, 2.75) is 19.0 Å². The number of pyridine rings is 1. The monoisotopic (exact) mass is 381 g/mol. The highest BCUT2D eigenvalue weighted by atomic mass is 35.5. The summed E-state index contributed by atoms with van der Waals surface area (Å²) in [6.45, 7) is 2.09. The second-order valence-electron chi connectivity index (χ2n) is 7.05. The molecule has 2 unspecified atom stereocenters. The summed E-state index contributed by atoms with van der Waals surface area (Å²) < 4.78 is 0. The van der Waals surface area contributed by atoms with E-state index >= 15 is 0 Å². The minimum atomic E-state index is 0.0904. The molecule has 1 aromatic carbocycles. The summed E-state index contributed by atoms with van der Waals surface area (Å²) in [6, 6.07) is 11.8. The number of hydrogen-bond acceptors (Lipinski definition) is 5. The van der Waals surface area contributed by atoms with E-state index in [0.29, 0.717) is 5.92 Å². The largest absolute Gasteiger partial charge is 0.342 e. The normalized spacial score (nSPS) is 22.8. The van der Waals surface area contributed by atoms with Gasteiger partial charge in [-0.2, -0.15) is 0 Å². The number of benzene rings is 1. The number of aliphatic imine (C=N–C) groups is 1. The Bertz CT molecular complexity index is 843. The summed E-state index contributed by atoms with van der Waals surface area (Å²) in [6.07, 6.45) is 8.18. The van der Waals surface area contributed by atoms with Crippen LogP contribution in [0.4, 0.5) is 5.69 Å². The number of hydrogen-bond donors (Lipinski definition) is 2. The highest BCUT2D eigenvalue weighted by Crippen LogP contribution is 2.28. The van der Waals surface area contributed by atoms with Crippen molar-refractivity contribution >= 4 is 23.0 Å². The molecule has 5 nitrogen and oxygen atoms in total. The molecule has 3 heterocycles. The summed E-state index contributed by atoms with van der Waals surface area (Å²) in [5, 5.41) is 7.76. The molecule has 0 bridgehead atoms. The second-order valence-corrected chi connectivity index (χ2v) is 7.48. The number of rotatable bonds is 4. The molecule has 0 saturated carbocycles. The summed E-state index contributed by atoms with van der Waals surface area (Å²) in [5.74, 6) is 1.50. The van der Waals surface area contributed by atoms with Gasteiger partial charge in [0.05, 0.1) is 5.71 Å². The van der Waals surface area contributed by atoms with Gasteiger partial charge in [-0.05, 0) is 49.7 Å². The first-order chi connectivity index (χ1) is 13.2. The average molecular weight is 382 g/mol. The molecule has 27 heavy (non-hydrogen) atoms. The van der Waals surface area contributed by atoms with Gasteiger partial charge < -0.3 is 15.5 Å². The Balaban J connectivity index is 1.67. The number of anilines is 1. The van der Waals surface area contributed by atoms with E-state index in [0.717, 1.165) is 40.9 Å². The smallest absolute Gasteiger partial charge is 0.126 e. The van der Waals surface area contributed by atoms with Gasteiger partial charge >= 0.3 is 0 Å². The lowest BCUT2D eigenvalue weighted by Crippen LogP contribution is -2.46. The van der Waals surface area contributed by atoms with E-state index in [-0.39, 0.29) is 6.17 Å². The van der Waals surface area contributed by atoms with Crippen LogP contribution < -0.4 is 10.6 Å². The van der Waals surface area contributed by atoms with Gasteiger partial charge in [-0.15, -0.1) is 0 Å². The van der Waals surface area contributed by atoms with Crippen LogP contribution >= 0.6 is 11.6 Å². The number of nitrogens with one attached hydrogen (secondary N) is 2. The van der Waals surface area contributed by atoms with E-state index in [1.165, 1.54) is 12.8 Å². The Labute approximate surface area is 165 Å². The van der Waals surface area contributed by atoms with Crippen LogP contribution in [0.1, 0.15) is 18.4 Å². The van der Waals surface area contributed by atoms with E-state index in [4.69, 9.17) is 16.6 Å². The van der Waals surface area contributed by atoms with Gasteiger partial charge in [0.15, 0.2) is 0 Å². The Morgan fingerprint density at radius 1 is 1.22 bits per heavy atom. The minimum Gasteiger partial charge on any atom is -0.342 e. The molecule has 0 aliphatic carbocycles. The van der Waals surface area contributed by atoms with Crippen molar-refractivity contribution in [2.24, 2.45) is 10.9 Å². The highest BCUT2D eigenvalue weighted by Gasteiger charge is 2.31. The molecule has 6 heteroatoms. The third-order valence-electron chi connectivity index (χ3n) is 5.15. The van der Waals surface area contributed by atoms with Gasteiger partial charge in [0.2, 0.25) is 0 Å². The summed E-state index contributed by atoms with van der Waals surface area (Å²) in [7, 11) is 2.11. The molecule has 140 valence electrons. The molecule has 0 amide bonds. The average Bonchev–Trinajstić information content (AvgIpc) is 2.71. The van der Waals surface area contributed by atoms with Crippen LogP contribution in [0.25, 0.3) is 0 Å². The van der Waals surface area contributed by atoms with Crippen LogP contribution in [0.15, 0.2) is 65.7 Å². The Kier molecular flexibility index (Phi) is 5.41. The van der Waals surface area contributed by atoms with E-state index in [1.54, 1.807) is 0 Å². The van der Waals surface area contributed by atoms with Crippen molar-refractivity contribution in [3.8, 4) is 0 Å². The molecule has 2 atom stereocenters. The lowest BCUT2D eigenvalue weighted by atomic mass is 9.94. The molecule has 4 rings (SSSR count). The van der Waals surface area contributed by atoms with Crippen LogP contribution in [0.2, 0.25) is 5.02 Å². The molecule has 1 aromatic heterocycles. The van der Waals surface area contributed by atoms with Crippen molar-refractivity contribution < 1.29 is 0 Å². The van der Waals surface area contributed by atoms with Gasteiger partial charge in [-0.3, -0.25) is 9.98 Å². The fourth-order valence-corrected chi connectivity index (χ4v) is 3.90. The number of allylic oxidation sites excluding steroid dienone is 1. The lowest BCUT2D eigenvalue weighted by Gasteiger charge is -2.39. The molecule has 2 aliphatic heterocycles. The fraction of sp³-hybridized carbons (Fsp3) is 0.333. The zero-order valence-electron chi connectivity index (χ0n) is 15.4. The first-order valence-corrected chi connectivity index (χ1v) is 9.74. The van der Waals surface area contributed by atoms with Gasteiger partial charge in [-0.25, -0.2) is 0 Å². The van der Waals surface area contributed by atoms with Gasteiger partial charge in [0, 0.05) is 54.3 Å². The van der Waals surface area contributed by atoms with Crippen LogP contribution in [-0.2, 0) is 0 Å². The van der Waals surface area contributed by atoms with Crippen molar-refractivity contribution in [3.05, 3.63) is 71.3 Å². The van der Waals surface area contributed by atoms with Crippen molar-refractivity contribution in [1.29, 1.82) is 0 Å². The van der Waals surface area contributed by atoms with Crippen molar-refractivity contribution in [1.82, 2.24) is 15.2 Å². The molecular weight excluding hydrogens is 358 g/mol. The zero-order valence-corrected chi connectivity index (χ0v) is 16.2. The number of halogens is 1. The zero-order chi connectivity index (χ0) is 18.6. The van der Waals surface area contributed by atoms with Gasteiger partial charge in [-0.1, -0.05) is 17.7 Å². The Morgan fingerprint density at radius 2 is 2.07 bits per heavy atom. The summed E-state index contributed by atoms with van der Waals surface area (Å²) in [4.78, 5) is 11.5. The van der Waals surface area contributed by atoms with Gasteiger partial charge in [0.1, 0.15) is 12.0 Å². The first kappa shape index (κ1) is 18.0. The lowest BCUT2D eigenvalue weighted by molar-refractivity contribution is 0.191. The predicted octanol–water partition coefficient (Wildman–Crippen LogP) is 3.75. The molecular formula is C21H24ClN5. The van der Waals surface area contributed by atoms with Crippen LogP contribution in [-0.4, -0.2) is 41.9 Å². The Morgan fingerprint density at radius 3 is 2.81 bits per heavy atom. The van der Waals surface area contributed by atoms with E-state index in [2.05, 4.69) is 33.6 Å². The SMILES string of the molecule is CN1C(Nc2cccc(Cl)c2)=CC(c2ccncc2)=NC1C1CCCNC1. The third kappa shape index (κ3) is 4.15. The van der Waals surface area contributed by atoms with Crippen LogP contribution in [0.5, 0.6) is 0 Å². The van der Waals surface area contributed by atoms with E-state index < -0.39 is 0 Å². The standard InChI is InChI=1S/C21H24ClN5/c1-27-20(25-18-6-2-5-17(22)12-18)13-19(15-7-10-23-11-8-15)26-21(27)16-4-3-9-24-14-16/h2,5-8,10-13,16,21,24-25H,3-4,9,14H2,1H3. The highest BCUT2D eigenvalue weighted by molar-refractivity contribution is 6.30. The number of nitrogens with zero attached hydrogens (tertiary/aromatic N) is 3. The minimum absolute atomic E-state index is 0.0904. The molecule has 0 spiro atoms. The van der Waals surface area contributed by atoms with Gasteiger partial charge in [0.25, 0.3) is 0 Å². The molecule has 0 radical (unpaired) electrons. The van der Waals surface area contributed by atoms with E-state index in [1.807, 2.05) is 48.8 Å². The molecule has 1 fully saturated rings. The number of piperidine rings is 1.